The summed E-state index contributed by atoms with van der Waals surface area (Å²) >= 11 is 0. The molecule has 0 spiro atoms. The minimum atomic E-state index is -4.90. The third-order valence-corrected chi connectivity index (χ3v) is 6.58. The minimum absolute atomic E-state index is 0.116. The van der Waals surface area contributed by atoms with Crippen LogP contribution < -0.4 is 0 Å². The normalized spacial score (nSPS) is 16.6. The molecule has 1 heterocycles. The number of halogens is 6. The number of carbonyl (C=O) groups is 1. The summed E-state index contributed by atoms with van der Waals surface area (Å²) in [7, 11) is 1.35. The number of piperidine rings is 1. The second-order valence-electron chi connectivity index (χ2n) is 9.07. The highest BCUT2D eigenvalue weighted by molar-refractivity contribution is 5.69. The first kappa shape index (κ1) is 28.0. The molecule has 0 atom stereocenters. The van der Waals surface area contributed by atoms with Crippen LogP contribution in [0.4, 0.5) is 26.3 Å². The van der Waals surface area contributed by atoms with Crippen LogP contribution in [0.2, 0.25) is 0 Å². The first-order valence-electron chi connectivity index (χ1n) is 11.6. The molecule has 198 valence electrons. The number of hydrogen-bond donors (Lipinski definition) is 0. The topological polar surface area (TPSA) is 38.8 Å². The van der Waals surface area contributed by atoms with Crippen LogP contribution in [-0.4, -0.2) is 44.2 Å². The van der Waals surface area contributed by atoms with Gasteiger partial charge in [0.05, 0.1) is 31.5 Å². The van der Waals surface area contributed by atoms with E-state index < -0.39 is 28.9 Å². The summed E-state index contributed by atoms with van der Waals surface area (Å²) < 4.78 is 89.6. The summed E-state index contributed by atoms with van der Waals surface area (Å²) in [4.78, 5) is 13.6. The van der Waals surface area contributed by atoms with E-state index in [-0.39, 0.29) is 30.8 Å². The highest BCUT2D eigenvalue weighted by Gasteiger charge is 2.38. The molecular formula is C26H29F6NO3. The van der Waals surface area contributed by atoms with E-state index in [0.717, 1.165) is 25.2 Å². The summed E-state index contributed by atoms with van der Waals surface area (Å²) in [5.41, 5.74) is -2.29. The Kier molecular flexibility index (Phi) is 9.05. The van der Waals surface area contributed by atoms with Gasteiger partial charge in [0.25, 0.3) is 0 Å². The number of esters is 1. The van der Waals surface area contributed by atoms with Gasteiger partial charge in [-0.25, -0.2) is 0 Å². The van der Waals surface area contributed by atoms with Crippen LogP contribution in [0.1, 0.15) is 47.9 Å². The van der Waals surface area contributed by atoms with E-state index in [4.69, 9.17) is 4.74 Å². The molecule has 0 saturated carbocycles. The van der Waals surface area contributed by atoms with Gasteiger partial charge in [-0.1, -0.05) is 30.3 Å². The highest BCUT2D eigenvalue weighted by atomic mass is 19.4. The summed E-state index contributed by atoms with van der Waals surface area (Å²) in [5.74, 6) is -0.262. The Morgan fingerprint density at radius 1 is 0.944 bits per heavy atom. The fourth-order valence-electron chi connectivity index (χ4n) is 4.53. The van der Waals surface area contributed by atoms with Crippen molar-refractivity contribution in [1.29, 1.82) is 0 Å². The number of benzene rings is 2. The molecule has 4 nitrogen and oxygen atoms in total. The zero-order valence-corrected chi connectivity index (χ0v) is 19.9. The number of carbonyl (C=O) groups excluding carboxylic acids is 1. The molecule has 0 N–H and O–H groups in total. The molecule has 1 fully saturated rings. The maximum absolute atomic E-state index is 13.2. The summed E-state index contributed by atoms with van der Waals surface area (Å²) in [5, 5.41) is 0. The van der Waals surface area contributed by atoms with Crippen molar-refractivity contribution in [3.05, 3.63) is 70.8 Å². The molecule has 0 aliphatic carbocycles. The van der Waals surface area contributed by atoms with Gasteiger partial charge >= 0.3 is 18.3 Å². The first-order valence-corrected chi connectivity index (χ1v) is 11.6. The van der Waals surface area contributed by atoms with Crippen molar-refractivity contribution in [2.45, 2.75) is 50.1 Å². The number of alkyl halides is 6. The average Bonchev–Trinajstić information content (AvgIpc) is 2.84. The van der Waals surface area contributed by atoms with Gasteiger partial charge in [-0.05, 0) is 68.2 Å². The van der Waals surface area contributed by atoms with E-state index >= 15 is 0 Å². The summed E-state index contributed by atoms with van der Waals surface area (Å²) in [6.45, 7) is 1.96. The van der Waals surface area contributed by atoms with Crippen LogP contribution in [-0.2, 0) is 38.6 Å². The fraction of sp³-hybridized carbons (Fsp3) is 0.500. The van der Waals surface area contributed by atoms with Gasteiger partial charge in [0, 0.05) is 11.8 Å². The van der Waals surface area contributed by atoms with Gasteiger partial charge in [0.1, 0.15) is 0 Å². The Morgan fingerprint density at radius 2 is 1.53 bits per heavy atom. The van der Waals surface area contributed by atoms with Crippen LogP contribution >= 0.6 is 0 Å². The van der Waals surface area contributed by atoms with E-state index in [2.05, 4.69) is 9.64 Å². The van der Waals surface area contributed by atoms with Crippen LogP contribution in [0.3, 0.4) is 0 Å². The number of methoxy groups -OCH3 is 1. The van der Waals surface area contributed by atoms with Crippen molar-refractivity contribution in [1.82, 2.24) is 4.90 Å². The van der Waals surface area contributed by atoms with Crippen LogP contribution in [0.25, 0.3) is 0 Å². The van der Waals surface area contributed by atoms with E-state index in [9.17, 15) is 31.1 Å². The van der Waals surface area contributed by atoms with Crippen molar-refractivity contribution in [3.8, 4) is 0 Å². The van der Waals surface area contributed by atoms with Crippen molar-refractivity contribution in [2.24, 2.45) is 0 Å². The molecule has 0 amide bonds. The van der Waals surface area contributed by atoms with Crippen LogP contribution in [0.5, 0.6) is 0 Å². The Labute approximate surface area is 206 Å². The van der Waals surface area contributed by atoms with Crippen molar-refractivity contribution in [3.63, 3.8) is 0 Å². The lowest BCUT2D eigenvalue weighted by atomic mass is 9.73. The predicted octanol–water partition coefficient (Wildman–Crippen LogP) is 6.23. The molecule has 0 unspecified atom stereocenters. The Bertz CT molecular complexity index is 967. The van der Waals surface area contributed by atoms with E-state index in [1.54, 1.807) is 0 Å². The molecule has 36 heavy (non-hydrogen) atoms. The Balaban J connectivity index is 1.70. The van der Waals surface area contributed by atoms with E-state index in [1.807, 2.05) is 30.3 Å². The van der Waals surface area contributed by atoms with Crippen LogP contribution in [0, 0.1) is 0 Å². The molecule has 1 aliphatic heterocycles. The smallest absolute Gasteiger partial charge is 0.416 e. The Morgan fingerprint density at radius 3 is 2.06 bits per heavy atom. The zero-order chi connectivity index (χ0) is 26.4. The molecule has 0 radical (unpaired) electrons. The third kappa shape index (κ3) is 7.46. The maximum atomic E-state index is 13.2. The van der Waals surface area contributed by atoms with E-state index in [0.29, 0.717) is 37.8 Å². The van der Waals surface area contributed by atoms with Crippen molar-refractivity contribution in [2.75, 3.05) is 33.4 Å². The second kappa shape index (κ2) is 11.6. The molecule has 2 aromatic rings. The molecule has 1 aliphatic rings. The number of ether oxygens (including phenoxy) is 2. The monoisotopic (exact) mass is 517 g/mol. The first-order chi connectivity index (χ1) is 16.9. The molecule has 0 bridgehead atoms. The van der Waals surface area contributed by atoms with Crippen LogP contribution in [0.15, 0.2) is 48.5 Å². The van der Waals surface area contributed by atoms with Gasteiger partial charge in [0.2, 0.25) is 0 Å². The maximum Gasteiger partial charge on any atom is 0.416 e. The molecular weight excluding hydrogens is 488 g/mol. The number of likely N-dealkylation sites (tertiary alicyclic amines) is 1. The molecule has 0 aromatic heterocycles. The molecule has 3 rings (SSSR count). The summed E-state index contributed by atoms with van der Waals surface area (Å²) in [6.07, 6.45) is -7.41. The SMILES string of the molecule is COC(=O)CCCN1CCC(COCc2cc(C(F)(F)F)cc(C(F)(F)F)c2)(c2ccccc2)CC1. The highest BCUT2D eigenvalue weighted by Crippen LogP contribution is 2.38. The standard InChI is InChI=1S/C26H29F6NO3/c1-35-23(34)8-5-11-33-12-9-24(10-13-33,20-6-3-2-4-7-20)18-36-17-19-14-21(25(27,28)29)16-22(15-19)26(30,31)32/h2-4,6-7,14-16H,5,8-13,17-18H2,1H3. The lowest BCUT2D eigenvalue weighted by molar-refractivity contribution is -0.143. The van der Waals surface area contributed by atoms with Gasteiger partial charge in [-0.3, -0.25) is 4.79 Å². The molecule has 2 aromatic carbocycles. The van der Waals surface area contributed by atoms with Gasteiger partial charge in [0.15, 0.2) is 0 Å². The van der Waals surface area contributed by atoms with Gasteiger partial charge < -0.3 is 14.4 Å². The fourth-order valence-corrected chi connectivity index (χ4v) is 4.53. The Hall–Kier alpha value is -2.59. The average molecular weight is 518 g/mol. The quantitative estimate of drug-likeness (QED) is 0.292. The zero-order valence-electron chi connectivity index (χ0n) is 19.9. The largest absolute Gasteiger partial charge is 0.469 e. The lowest BCUT2D eigenvalue weighted by Crippen LogP contribution is -2.45. The van der Waals surface area contributed by atoms with Gasteiger partial charge in [-0.2, -0.15) is 26.3 Å². The molecule has 10 heteroatoms. The second-order valence-corrected chi connectivity index (χ2v) is 9.07. The number of rotatable bonds is 9. The third-order valence-electron chi connectivity index (χ3n) is 6.58. The van der Waals surface area contributed by atoms with Crippen molar-refractivity contribution < 1.29 is 40.6 Å². The van der Waals surface area contributed by atoms with E-state index in [1.165, 1.54) is 7.11 Å². The van der Waals surface area contributed by atoms with Gasteiger partial charge in [-0.15, -0.1) is 0 Å². The lowest BCUT2D eigenvalue weighted by Gasteiger charge is -2.42. The predicted molar refractivity (Wildman–Crippen MR) is 121 cm³/mol. The van der Waals surface area contributed by atoms with Crippen molar-refractivity contribution >= 4 is 5.97 Å². The number of hydrogen-bond acceptors (Lipinski definition) is 4. The number of nitrogens with zero attached hydrogens (tertiary/aromatic N) is 1. The summed E-state index contributed by atoms with van der Waals surface area (Å²) in [6, 6.07) is 11.1. The minimum Gasteiger partial charge on any atom is -0.469 e. The molecule has 1 saturated heterocycles.